The molecule has 1 nitrogen and oxygen atoms in total. The number of rotatable bonds is 1. The highest BCUT2D eigenvalue weighted by Crippen LogP contribution is 2.52. The molecule has 3 aromatic rings. The lowest BCUT2D eigenvalue weighted by Gasteiger charge is -2.35. The van der Waals surface area contributed by atoms with Crippen molar-refractivity contribution >= 4 is 28.8 Å². The first-order valence-electron chi connectivity index (χ1n) is 9.10. The molecule has 5 rings (SSSR count). The van der Waals surface area contributed by atoms with Crippen molar-refractivity contribution < 1.29 is 0 Å². The van der Waals surface area contributed by atoms with Crippen molar-refractivity contribution in [1.29, 1.82) is 0 Å². The average molecular weight is 343 g/mol. The lowest BCUT2D eigenvalue weighted by Crippen LogP contribution is -2.18. The third-order valence-electron chi connectivity index (χ3n) is 5.29. The molecule has 1 heterocycles. The minimum atomic E-state index is 1.19. The van der Waals surface area contributed by atoms with E-state index >= 15 is 0 Å². The summed E-state index contributed by atoms with van der Waals surface area (Å²) in [6.07, 6.45) is 5.03. The summed E-state index contributed by atoms with van der Waals surface area (Å²) in [7, 11) is 0. The van der Waals surface area contributed by atoms with Gasteiger partial charge in [-0.15, -0.1) is 0 Å². The third kappa shape index (κ3) is 2.47. The maximum atomic E-state index is 2.49. The van der Waals surface area contributed by atoms with Crippen LogP contribution in [0.2, 0.25) is 0 Å². The van der Waals surface area contributed by atoms with Crippen molar-refractivity contribution in [3.8, 4) is 0 Å². The Kier molecular flexibility index (Phi) is 3.60. The maximum absolute atomic E-state index is 2.49. The first kappa shape index (κ1) is 15.1. The molecule has 1 aliphatic heterocycles. The summed E-state index contributed by atoms with van der Waals surface area (Å²) in [6.45, 7) is 2.18. The highest BCUT2D eigenvalue weighted by molar-refractivity contribution is 7.99. The maximum Gasteiger partial charge on any atom is 0.0601 e. The van der Waals surface area contributed by atoms with E-state index in [0.717, 1.165) is 0 Å². The number of benzene rings is 3. The van der Waals surface area contributed by atoms with Crippen molar-refractivity contribution in [3.63, 3.8) is 0 Å². The van der Waals surface area contributed by atoms with Crippen LogP contribution in [0.4, 0.5) is 17.1 Å². The van der Waals surface area contributed by atoms with Gasteiger partial charge in [0.2, 0.25) is 0 Å². The standard InChI is InChI=1S/C23H21NS/c1-16-13-14-21-23(15-16)25-22-12-5-4-10-20(22)24(21)19-11-6-8-17-7-2-3-9-18(17)19/h4-6,8,10-15H,2-3,7,9H2,1H3. The highest BCUT2D eigenvalue weighted by Gasteiger charge is 2.27. The van der Waals surface area contributed by atoms with Gasteiger partial charge in [0.15, 0.2) is 0 Å². The smallest absolute Gasteiger partial charge is 0.0601 e. The Balaban J connectivity index is 1.77. The Morgan fingerprint density at radius 1 is 0.760 bits per heavy atom. The molecule has 0 unspecified atom stereocenters. The van der Waals surface area contributed by atoms with Crippen LogP contribution in [0.1, 0.15) is 29.5 Å². The van der Waals surface area contributed by atoms with Crippen molar-refractivity contribution in [1.82, 2.24) is 0 Å². The Morgan fingerprint density at radius 2 is 1.56 bits per heavy atom. The summed E-state index contributed by atoms with van der Waals surface area (Å²) in [5.74, 6) is 0. The van der Waals surface area contributed by atoms with Gasteiger partial charge in [0.25, 0.3) is 0 Å². The molecule has 0 N–H and O–H groups in total. The molecular weight excluding hydrogens is 322 g/mol. The van der Waals surface area contributed by atoms with Gasteiger partial charge in [-0.05, 0) is 79.6 Å². The topological polar surface area (TPSA) is 3.24 Å². The van der Waals surface area contributed by atoms with Gasteiger partial charge in [-0.25, -0.2) is 0 Å². The molecule has 0 amide bonds. The predicted octanol–water partition coefficient (Wildman–Crippen LogP) is 6.81. The fourth-order valence-corrected chi connectivity index (χ4v) is 5.25. The summed E-state index contributed by atoms with van der Waals surface area (Å²) in [5, 5.41) is 0. The van der Waals surface area contributed by atoms with Crippen LogP contribution < -0.4 is 4.90 Å². The summed E-state index contributed by atoms with van der Waals surface area (Å²) >= 11 is 1.89. The molecule has 2 aliphatic rings. The van der Waals surface area contributed by atoms with Crippen LogP contribution in [0.3, 0.4) is 0 Å². The molecule has 25 heavy (non-hydrogen) atoms. The van der Waals surface area contributed by atoms with Gasteiger partial charge in [0.05, 0.1) is 11.4 Å². The second-order valence-corrected chi connectivity index (χ2v) is 8.08. The van der Waals surface area contributed by atoms with Gasteiger partial charge < -0.3 is 4.90 Å². The van der Waals surface area contributed by atoms with Crippen LogP contribution in [-0.4, -0.2) is 0 Å². The monoisotopic (exact) mass is 343 g/mol. The van der Waals surface area contributed by atoms with Gasteiger partial charge in [-0.1, -0.05) is 42.1 Å². The molecule has 0 atom stereocenters. The van der Waals surface area contributed by atoms with E-state index in [1.54, 1.807) is 5.56 Å². The summed E-state index contributed by atoms with van der Waals surface area (Å²) < 4.78 is 0. The molecule has 0 saturated heterocycles. The molecule has 0 radical (unpaired) electrons. The van der Waals surface area contributed by atoms with Gasteiger partial charge in [0.1, 0.15) is 0 Å². The molecular formula is C23H21NS. The van der Waals surface area contributed by atoms with E-state index in [0.29, 0.717) is 0 Å². The minimum Gasteiger partial charge on any atom is -0.308 e. The number of anilines is 3. The normalized spacial score (nSPS) is 15.3. The second-order valence-electron chi connectivity index (χ2n) is 7.00. The second kappa shape index (κ2) is 5.96. The van der Waals surface area contributed by atoms with Crippen LogP contribution in [0.25, 0.3) is 0 Å². The molecule has 124 valence electrons. The lowest BCUT2D eigenvalue weighted by atomic mass is 9.90. The fraction of sp³-hybridized carbons (Fsp3) is 0.217. The lowest BCUT2D eigenvalue weighted by molar-refractivity contribution is 0.685. The zero-order chi connectivity index (χ0) is 16.8. The van der Waals surface area contributed by atoms with Crippen LogP contribution in [0.15, 0.2) is 70.5 Å². The van der Waals surface area contributed by atoms with E-state index in [2.05, 4.69) is 72.5 Å². The summed E-state index contributed by atoms with van der Waals surface area (Å²) in [5.41, 5.74) is 8.39. The zero-order valence-electron chi connectivity index (χ0n) is 14.5. The van der Waals surface area contributed by atoms with Crippen LogP contribution in [-0.2, 0) is 12.8 Å². The van der Waals surface area contributed by atoms with Crippen LogP contribution >= 0.6 is 11.8 Å². The van der Waals surface area contributed by atoms with Gasteiger partial charge >= 0.3 is 0 Å². The Labute approximate surface area is 153 Å². The van der Waals surface area contributed by atoms with E-state index in [-0.39, 0.29) is 0 Å². The minimum absolute atomic E-state index is 1.19. The Morgan fingerprint density at radius 3 is 2.52 bits per heavy atom. The third-order valence-corrected chi connectivity index (χ3v) is 6.41. The molecule has 2 heteroatoms. The first-order valence-corrected chi connectivity index (χ1v) is 9.91. The average Bonchev–Trinajstić information content (AvgIpc) is 2.65. The van der Waals surface area contributed by atoms with Crippen molar-refractivity contribution in [2.24, 2.45) is 0 Å². The number of hydrogen-bond donors (Lipinski definition) is 0. The number of aryl methyl sites for hydroxylation is 2. The fourth-order valence-electron chi connectivity index (χ4n) is 4.09. The summed E-state index contributed by atoms with van der Waals surface area (Å²) in [6, 6.07) is 22.5. The number of fused-ring (bicyclic) bond motifs is 3. The number of nitrogens with zero attached hydrogens (tertiary/aromatic N) is 1. The van der Waals surface area contributed by atoms with E-state index in [4.69, 9.17) is 0 Å². The predicted molar refractivity (Wildman–Crippen MR) is 107 cm³/mol. The van der Waals surface area contributed by atoms with Gasteiger partial charge in [-0.3, -0.25) is 0 Å². The van der Waals surface area contributed by atoms with Crippen LogP contribution in [0.5, 0.6) is 0 Å². The number of hydrogen-bond acceptors (Lipinski definition) is 2. The summed E-state index contributed by atoms with van der Waals surface area (Å²) in [4.78, 5) is 5.19. The quantitative estimate of drug-likeness (QED) is 0.373. The molecule has 0 saturated carbocycles. The molecule has 3 aromatic carbocycles. The van der Waals surface area contributed by atoms with Gasteiger partial charge in [0, 0.05) is 15.5 Å². The molecule has 0 aromatic heterocycles. The van der Waals surface area contributed by atoms with E-state index in [1.165, 1.54) is 63.7 Å². The zero-order valence-corrected chi connectivity index (χ0v) is 15.3. The Hall–Kier alpha value is -2.19. The largest absolute Gasteiger partial charge is 0.308 e. The van der Waals surface area contributed by atoms with Crippen molar-refractivity contribution in [3.05, 3.63) is 77.4 Å². The van der Waals surface area contributed by atoms with Crippen molar-refractivity contribution in [2.45, 2.75) is 42.4 Å². The molecule has 1 aliphatic carbocycles. The van der Waals surface area contributed by atoms with E-state index in [1.807, 2.05) is 11.8 Å². The van der Waals surface area contributed by atoms with Crippen molar-refractivity contribution in [2.75, 3.05) is 4.90 Å². The first-order chi connectivity index (χ1) is 12.3. The molecule has 0 spiro atoms. The molecule has 0 bridgehead atoms. The SMILES string of the molecule is Cc1ccc2c(c1)Sc1ccccc1N2c1cccc2c1CCCC2. The molecule has 0 fully saturated rings. The van der Waals surface area contributed by atoms with E-state index < -0.39 is 0 Å². The Bertz CT molecular complexity index is 960. The highest BCUT2D eigenvalue weighted by atomic mass is 32.2. The van der Waals surface area contributed by atoms with Crippen LogP contribution in [0, 0.1) is 6.92 Å². The van der Waals surface area contributed by atoms with Gasteiger partial charge in [-0.2, -0.15) is 0 Å². The number of para-hydroxylation sites is 1. The van der Waals surface area contributed by atoms with E-state index in [9.17, 15) is 0 Å².